The van der Waals surface area contributed by atoms with Crippen LogP contribution in [0.15, 0.2) is 28.8 Å². The smallest absolute Gasteiger partial charge is 0.233 e. The second-order valence-electron chi connectivity index (χ2n) is 6.81. The van der Waals surface area contributed by atoms with Crippen molar-refractivity contribution in [3.8, 4) is 0 Å². The van der Waals surface area contributed by atoms with E-state index >= 15 is 0 Å². The summed E-state index contributed by atoms with van der Waals surface area (Å²) in [6, 6.07) is 1.79. The monoisotopic (exact) mass is 392 g/mol. The second kappa shape index (κ2) is 8.85. The van der Waals surface area contributed by atoms with E-state index in [9.17, 15) is 4.79 Å². The van der Waals surface area contributed by atoms with E-state index in [-0.39, 0.29) is 5.91 Å². The standard InChI is InChI=1S/C17H24N6OS2/c1-12-7-13(2)9-23(8-12)15(24)11-26-17-21-20-14(22(17)3)10-25-16-18-5-4-6-19-16/h4-6,12-13H,7-11H2,1-3H3/t12-,13-/m0/s1. The van der Waals surface area contributed by atoms with Crippen LogP contribution < -0.4 is 0 Å². The van der Waals surface area contributed by atoms with Gasteiger partial charge in [0.25, 0.3) is 0 Å². The number of carbonyl (C=O) groups excluding carboxylic acids is 1. The number of amides is 1. The molecular weight excluding hydrogens is 368 g/mol. The molecule has 3 rings (SSSR count). The lowest BCUT2D eigenvalue weighted by atomic mass is 9.92. The largest absolute Gasteiger partial charge is 0.341 e. The third kappa shape index (κ3) is 4.97. The van der Waals surface area contributed by atoms with Crippen LogP contribution in [-0.2, 0) is 17.6 Å². The first-order chi connectivity index (χ1) is 12.5. The molecule has 0 unspecified atom stereocenters. The van der Waals surface area contributed by atoms with Gasteiger partial charge in [-0.05, 0) is 24.3 Å². The molecule has 1 aliphatic rings. The maximum Gasteiger partial charge on any atom is 0.233 e. The van der Waals surface area contributed by atoms with Crippen LogP contribution in [0.2, 0.25) is 0 Å². The minimum atomic E-state index is 0.185. The highest BCUT2D eigenvalue weighted by Gasteiger charge is 2.25. The molecule has 9 heteroatoms. The molecule has 7 nitrogen and oxygen atoms in total. The molecule has 1 aliphatic heterocycles. The zero-order valence-electron chi connectivity index (χ0n) is 15.3. The molecular formula is C17H24N6OS2. The Bertz CT molecular complexity index is 728. The number of hydrogen-bond donors (Lipinski definition) is 0. The Balaban J connectivity index is 1.52. The van der Waals surface area contributed by atoms with Gasteiger partial charge in [-0.1, -0.05) is 37.4 Å². The lowest BCUT2D eigenvalue weighted by Gasteiger charge is -2.34. The van der Waals surface area contributed by atoms with Gasteiger partial charge in [-0.15, -0.1) is 10.2 Å². The molecule has 2 atom stereocenters. The van der Waals surface area contributed by atoms with Crippen molar-refractivity contribution in [3.63, 3.8) is 0 Å². The third-order valence-electron chi connectivity index (χ3n) is 4.34. The molecule has 0 aliphatic carbocycles. The zero-order valence-corrected chi connectivity index (χ0v) is 17.0. The first-order valence-electron chi connectivity index (χ1n) is 8.71. The fraction of sp³-hybridized carbons (Fsp3) is 0.588. The van der Waals surface area contributed by atoms with E-state index in [4.69, 9.17) is 0 Å². The summed E-state index contributed by atoms with van der Waals surface area (Å²) in [6.45, 7) is 6.15. The van der Waals surface area contributed by atoms with Gasteiger partial charge in [0, 0.05) is 32.5 Å². The second-order valence-corrected chi connectivity index (χ2v) is 8.70. The Morgan fingerprint density at radius 2 is 1.85 bits per heavy atom. The minimum absolute atomic E-state index is 0.185. The fourth-order valence-electron chi connectivity index (χ4n) is 3.17. The van der Waals surface area contributed by atoms with E-state index in [0.717, 1.165) is 24.1 Å². The Hall–Kier alpha value is -1.61. The first-order valence-corrected chi connectivity index (χ1v) is 10.7. The maximum atomic E-state index is 12.5. The summed E-state index contributed by atoms with van der Waals surface area (Å²) in [4.78, 5) is 22.9. The van der Waals surface area contributed by atoms with Crippen LogP contribution in [-0.4, -0.2) is 54.4 Å². The van der Waals surface area contributed by atoms with Crippen LogP contribution in [0.5, 0.6) is 0 Å². The molecule has 1 saturated heterocycles. The summed E-state index contributed by atoms with van der Waals surface area (Å²) in [6.07, 6.45) is 4.65. The van der Waals surface area contributed by atoms with Crippen molar-refractivity contribution in [2.24, 2.45) is 18.9 Å². The van der Waals surface area contributed by atoms with Gasteiger partial charge in [-0.3, -0.25) is 4.79 Å². The number of nitrogens with zero attached hydrogens (tertiary/aromatic N) is 6. The number of likely N-dealkylation sites (tertiary alicyclic amines) is 1. The predicted molar refractivity (Wildman–Crippen MR) is 103 cm³/mol. The van der Waals surface area contributed by atoms with E-state index in [1.54, 1.807) is 18.5 Å². The van der Waals surface area contributed by atoms with E-state index in [0.29, 0.717) is 28.5 Å². The molecule has 2 aromatic heterocycles. The summed E-state index contributed by atoms with van der Waals surface area (Å²) < 4.78 is 1.94. The number of hydrogen-bond acceptors (Lipinski definition) is 7. The highest BCUT2D eigenvalue weighted by Crippen LogP contribution is 2.24. The van der Waals surface area contributed by atoms with Crippen molar-refractivity contribution in [3.05, 3.63) is 24.3 Å². The summed E-state index contributed by atoms with van der Waals surface area (Å²) >= 11 is 2.97. The molecule has 3 heterocycles. The van der Waals surface area contributed by atoms with E-state index in [1.165, 1.54) is 29.9 Å². The molecule has 0 aromatic carbocycles. The highest BCUT2D eigenvalue weighted by atomic mass is 32.2. The number of carbonyl (C=O) groups is 1. The molecule has 0 saturated carbocycles. The highest BCUT2D eigenvalue weighted by molar-refractivity contribution is 7.99. The summed E-state index contributed by atoms with van der Waals surface area (Å²) in [5, 5.41) is 9.94. The van der Waals surface area contributed by atoms with Crippen LogP contribution in [0.4, 0.5) is 0 Å². The Morgan fingerprint density at radius 3 is 2.54 bits per heavy atom. The van der Waals surface area contributed by atoms with Gasteiger partial charge in [0.1, 0.15) is 5.82 Å². The summed E-state index contributed by atoms with van der Waals surface area (Å²) in [7, 11) is 1.93. The Labute approximate surface area is 162 Å². The molecule has 0 bridgehead atoms. The molecule has 1 fully saturated rings. The van der Waals surface area contributed by atoms with E-state index < -0.39 is 0 Å². The van der Waals surface area contributed by atoms with Gasteiger partial charge in [-0.25, -0.2) is 9.97 Å². The van der Waals surface area contributed by atoms with Crippen molar-refractivity contribution in [2.45, 2.75) is 36.3 Å². The van der Waals surface area contributed by atoms with Crippen LogP contribution in [0.1, 0.15) is 26.1 Å². The SMILES string of the molecule is C[C@H]1C[C@H](C)CN(C(=O)CSc2nnc(CSc3ncccn3)n2C)C1. The zero-order chi connectivity index (χ0) is 18.5. The van der Waals surface area contributed by atoms with E-state index in [1.807, 2.05) is 16.5 Å². The van der Waals surface area contributed by atoms with Gasteiger partial charge in [0.2, 0.25) is 5.91 Å². The quantitative estimate of drug-likeness (QED) is 0.552. The Kier molecular flexibility index (Phi) is 6.53. The van der Waals surface area contributed by atoms with Crippen molar-refractivity contribution in [1.29, 1.82) is 0 Å². The lowest BCUT2D eigenvalue weighted by Crippen LogP contribution is -2.43. The van der Waals surface area contributed by atoms with Crippen LogP contribution in [0.3, 0.4) is 0 Å². The van der Waals surface area contributed by atoms with E-state index in [2.05, 4.69) is 34.0 Å². The normalized spacial score (nSPS) is 20.3. The van der Waals surface area contributed by atoms with Crippen LogP contribution >= 0.6 is 23.5 Å². The minimum Gasteiger partial charge on any atom is -0.341 e. The number of rotatable bonds is 6. The summed E-state index contributed by atoms with van der Waals surface area (Å²) in [5.41, 5.74) is 0. The molecule has 1 amide bonds. The van der Waals surface area contributed by atoms with Gasteiger partial charge < -0.3 is 9.47 Å². The maximum absolute atomic E-state index is 12.5. The Morgan fingerprint density at radius 1 is 1.15 bits per heavy atom. The van der Waals surface area contributed by atoms with Crippen LogP contribution in [0.25, 0.3) is 0 Å². The van der Waals surface area contributed by atoms with Gasteiger partial charge >= 0.3 is 0 Å². The molecule has 140 valence electrons. The number of thioether (sulfide) groups is 2. The van der Waals surface area contributed by atoms with Crippen molar-refractivity contribution >= 4 is 29.4 Å². The number of piperidine rings is 1. The molecule has 2 aromatic rings. The molecule has 0 spiro atoms. The topological polar surface area (TPSA) is 76.8 Å². The molecule has 26 heavy (non-hydrogen) atoms. The van der Waals surface area contributed by atoms with Gasteiger partial charge in [0.05, 0.1) is 11.5 Å². The molecule has 0 radical (unpaired) electrons. The van der Waals surface area contributed by atoms with Gasteiger partial charge in [0.15, 0.2) is 10.3 Å². The summed E-state index contributed by atoms with van der Waals surface area (Å²) in [5.74, 6) is 3.23. The number of aromatic nitrogens is 5. The fourth-order valence-corrected chi connectivity index (χ4v) is 4.78. The average molecular weight is 393 g/mol. The molecule has 0 N–H and O–H groups in total. The van der Waals surface area contributed by atoms with Crippen molar-refractivity contribution in [1.82, 2.24) is 29.6 Å². The van der Waals surface area contributed by atoms with Gasteiger partial charge in [-0.2, -0.15) is 0 Å². The lowest BCUT2D eigenvalue weighted by molar-refractivity contribution is -0.130. The van der Waals surface area contributed by atoms with Crippen molar-refractivity contribution in [2.75, 3.05) is 18.8 Å². The average Bonchev–Trinajstić information content (AvgIpc) is 2.98. The predicted octanol–water partition coefficient (Wildman–Crippen LogP) is 2.49. The van der Waals surface area contributed by atoms with Crippen LogP contribution in [0, 0.1) is 11.8 Å². The first kappa shape index (κ1) is 19.2. The van der Waals surface area contributed by atoms with Crippen molar-refractivity contribution < 1.29 is 4.79 Å². The third-order valence-corrected chi connectivity index (χ3v) is 6.22.